The molecule has 100 valence electrons. The zero-order chi connectivity index (χ0) is 13.8. The van der Waals surface area contributed by atoms with Crippen molar-refractivity contribution in [3.63, 3.8) is 0 Å². The summed E-state index contributed by atoms with van der Waals surface area (Å²) in [4.78, 5) is 0. The number of halogens is 1. The van der Waals surface area contributed by atoms with Crippen molar-refractivity contribution >= 4 is 0 Å². The Morgan fingerprint density at radius 2 is 1.63 bits per heavy atom. The lowest BCUT2D eigenvalue weighted by atomic mass is 9.98. The third-order valence-electron chi connectivity index (χ3n) is 2.99. The van der Waals surface area contributed by atoms with Gasteiger partial charge >= 0.3 is 0 Å². The summed E-state index contributed by atoms with van der Waals surface area (Å²) >= 11 is 0. The first-order valence-electron chi connectivity index (χ1n) is 5.91. The minimum absolute atomic E-state index is 0.288. The molecule has 0 unspecified atom stereocenters. The minimum Gasteiger partial charge on any atom is -0.493 e. The summed E-state index contributed by atoms with van der Waals surface area (Å²) in [5.74, 6) is 0.852. The summed E-state index contributed by atoms with van der Waals surface area (Å²) < 4.78 is 24.4. The van der Waals surface area contributed by atoms with Gasteiger partial charge in [0.2, 0.25) is 0 Å². The third-order valence-corrected chi connectivity index (χ3v) is 2.99. The maximum atomic E-state index is 13.9. The van der Waals surface area contributed by atoms with Gasteiger partial charge in [0, 0.05) is 12.1 Å². The number of hydrogen-bond acceptors (Lipinski definition) is 3. The van der Waals surface area contributed by atoms with Gasteiger partial charge in [0.15, 0.2) is 11.5 Å². The zero-order valence-corrected chi connectivity index (χ0v) is 10.9. The molecule has 2 aromatic carbocycles. The van der Waals surface area contributed by atoms with Gasteiger partial charge in [-0.15, -0.1) is 0 Å². The molecule has 3 nitrogen and oxygen atoms in total. The van der Waals surface area contributed by atoms with Gasteiger partial charge in [0.25, 0.3) is 0 Å². The van der Waals surface area contributed by atoms with Crippen molar-refractivity contribution < 1.29 is 13.9 Å². The maximum Gasteiger partial charge on any atom is 0.161 e. The van der Waals surface area contributed by atoms with E-state index in [1.54, 1.807) is 44.6 Å². The van der Waals surface area contributed by atoms with Crippen LogP contribution in [0.5, 0.6) is 11.5 Å². The van der Waals surface area contributed by atoms with E-state index >= 15 is 0 Å². The number of benzene rings is 2. The van der Waals surface area contributed by atoms with Crippen molar-refractivity contribution in [3.05, 3.63) is 47.8 Å². The second-order valence-electron chi connectivity index (χ2n) is 4.05. The number of nitrogens with two attached hydrogens (primary N) is 1. The molecular weight excluding hydrogens is 245 g/mol. The molecule has 19 heavy (non-hydrogen) atoms. The molecular formula is C15H16FNO2. The van der Waals surface area contributed by atoms with Crippen LogP contribution in [0.2, 0.25) is 0 Å². The summed E-state index contributed by atoms with van der Waals surface area (Å²) in [6, 6.07) is 10.1. The molecule has 0 saturated carbocycles. The Morgan fingerprint density at radius 3 is 2.21 bits per heavy atom. The molecule has 0 spiro atoms. The molecule has 0 saturated heterocycles. The highest BCUT2D eigenvalue weighted by atomic mass is 19.1. The summed E-state index contributed by atoms with van der Waals surface area (Å²) in [5, 5.41) is 0. The van der Waals surface area contributed by atoms with E-state index in [4.69, 9.17) is 15.2 Å². The Kier molecular flexibility index (Phi) is 4.02. The van der Waals surface area contributed by atoms with Crippen molar-refractivity contribution in [1.82, 2.24) is 0 Å². The lowest BCUT2D eigenvalue weighted by Gasteiger charge is -2.14. The minimum atomic E-state index is -0.288. The Labute approximate surface area is 111 Å². The molecule has 0 radical (unpaired) electrons. The summed E-state index contributed by atoms with van der Waals surface area (Å²) in [6.07, 6.45) is 0. The largest absolute Gasteiger partial charge is 0.493 e. The fourth-order valence-corrected chi connectivity index (χ4v) is 2.02. The van der Waals surface area contributed by atoms with Crippen LogP contribution in [0, 0.1) is 5.82 Å². The molecule has 0 bridgehead atoms. The topological polar surface area (TPSA) is 44.5 Å². The molecule has 0 aliphatic heterocycles. The first kappa shape index (κ1) is 13.4. The quantitative estimate of drug-likeness (QED) is 0.920. The van der Waals surface area contributed by atoms with Gasteiger partial charge in [0.05, 0.1) is 14.2 Å². The van der Waals surface area contributed by atoms with Gasteiger partial charge in [0.1, 0.15) is 5.82 Å². The molecule has 2 rings (SSSR count). The first-order chi connectivity index (χ1) is 9.21. The zero-order valence-electron chi connectivity index (χ0n) is 10.9. The average molecular weight is 261 g/mol. The molecule has 0 aliphatic carbocycles. The second-order valence-corrected chi connectivity index (χ2v) is 4.05. The van der Waals surface area contributed by atoms with Gasteiger partial charge in [-0.2, -0.15) is 0 Å². The van der Waals surface area contributed by atoms with Gasteiger partial charge in [-0.1, -0.05) is 18.2 Å². The molecule has 4 heteroatoms. The van der Waals surface area contributed by atoms with Crippen LogP contribution in [0.25, 0.3) is 11.1 Å². The highest BCUT2D eigenvalue weighted by molar-refractivity contribution is 5.71. The fraction of sp³-hybridized carbons (Fsp3) is 0.200. The molecule has 2 N–H and O–H groups in total. The van der Waals surface area contributed by atoms with Crippen LogP contribution < -0.4 is 15.2 Å². The fourth-order valence-electron chi connectivity index (χ4n) is 2.02. The Balaban J connectivity index is 2.65. The lowest BCUT2D eigenvalue weighted by Crippen LogP contribution is -2.02. The summed E-state index contributed by atoms with van der Waals surface area (Å²) in [7, 11) is 3.10. The van der Waals surface area contributed by atoms with Crippen LogP contribution in [0.1, 0.15) is 5.56 Å². The predicted molar refractivity (Wildman–Crippen MR) is 72.8 cm³/mol. The predicted octanol–water partition coefficient (Wildman–Crippen LogP) is 2.97. The molecule has 0 amide bonds. The standard InChI is InChI=1S/C15H16FNO2/c1-18-14-7-10(9-17)12(8-15(14)19-2)11-5-3-4-6-13(11)16/h3-8H,9,17H2,1-2H3. The summed E-state index contributed by atoms with van der Waals surface area (Å²) in [6.45, 7) is 0.296. The van der Waals surface area contributed by atoms with Gasteiger partial charge in [-0.25, -0.2) is 4.39 Å². The van der Waals surface area contributed by atoms with Gasteiger partial charge in [-0.05, 0) is 29.3 Å². The van der Waals surface area contributed by atoms with Crippen LogP contribution in [0.15, 0.2) is 36.4 Å². The lowest BCUT2D eigenvalue weighted by molar-refractivity contribution is 0.354. The average Bonchev–Trinajstić information content (AvgIpc) is 2.46. The van der Waals surface area contributed by atoms with Crippen LogP contribution >= 0.6 is 0 Å². The van der Waals surface area contributed by atoms with Gasteiger partial charge in [-0.3, -0.25) is 0 Å². The third kappa shape index (κ3) is 2.53. The molecule has 0 fully saturated rings. The second kappa shape index (κ2) is 5.71. The smallest absolute Gasteiger partial charge is 0.161 e. The number of hydrogen-bond donors (Lipinski definition) is 1. The normalized spacial score (nSPS) is 10.3. The Bertz CT molecular complexity index is 584. The summed E-state index contributed by atoms with van der Waals surface area (Å²) in [5.41, 5.74) is 7.77. The number of rotatable bonds is 4. The van der Waals surface area contributed by atoms with Crippen LogP contribution in [0.4, 0.5) is 4.39 Å². The highest BCUT2D eigenvalue weighted by Crippen LogP contribution is 2.36. The van der Waals surface area contributed by atoms with E-state index in [9.17, 15) is 4.39 Å². The molecule has 2 aromatic rings. The van der Waals surface area contributed by atoms with E-state index in [-0.39, 0.29) is 5.82 Å². The molecule has 0 heterocycles. The Morgan fingerprint density at radius 1 is 1.00 bits per heavy atom. The number of ether oxygens (including phenoxy) is 2. The monoisotopic (exact) mass is 261 g/mol. The SMILES string of the molecule is COc1cc(CN)c(-c2ccccc2F)cc1OC. The van der Waals surface area contributed by atoms with Gasteiger partial charge < -0.3 is 15.2 Å². The van der Waals surface area contributed by atoms with Crippen molar-refractivity contribution in [2.45, 2.75) is 6.54 Å². The Hall–Kier alpha value is -2.07. The van der Waals surface area contributed by atoms with Crippen molar-refractivity contribution in [3.8, 4) is 22.6 Å². The molecule has 0 aliphatic rings. The van der Waals surface area contributed by atoms with Crippen LogP contribution in [-0.2, 0) is 6.54 Å². The van der Waals surface area contributed by atoms with E-state index < -0.39 is 0 Å². The van der Waals surface area contributed by atoms with Crippen molar-refractivity contribution in [2.24, 2.45) is 5.73 Å². The van der Waals surface area contributed by atoms with E-state index in [1.165, 1.54) is 6.07 Å². The van der Waals surface area contributed by atoms with Crippen molar-refractivity contribution in [2.75, 3.05) is 14.2 Å². The van der Waals surface area contributed by atoms with Crippen LogP contribution in [-0.4, -0.2) is 14.2 Å². The molecule has 0 aromatic heterocycles. The number of methoxy groups -OCH3 is 2. The van der Waals surface area contributed by atoms with E-state index in [0.29, 0.717) is 23.6 Å². The van der Waals surface area contributed by atoms with E-state index in [0.717, 1.165) is 11.1 Å². The highest BCUT2D eigenvalue weighted by Gasteiger charge is 2.14. The maximum absolute atomic E-state index is 13.9. The van der Waals surface area contributed by atoms with E-state index in [1.807, 2.05) is 0 Å². The van der Waals surface area contributed by atoms with Crippen molar-refractivity contribution in [1.29, 1.82) is 0 Å². The first-order valence-corrected chi connectivity index (χ1v) is 5.91. The van der Waals surface area contributed by atoms with E-state index in [2.05, 4.69) is 0 Å². The molecule has 0 atom stereocenters. The van der Waals surface area contributed by atoms with Crippen LogP contribution in [0.3, 0.4) is 0 Å².